The van der Waals surface area contributed by atoms with Gasteiger partial charge in [-0.1, -0.05) is 6.07 Å². The molecule has 15 heavy (non-hydrogen) atoms. The number of hydrogen-bond acceptors (Lipinski definition) is 3. The number of benzene rings is 1. The van der Waals surface area contributed by atoms with Gasteiger partial charge in [0.05, 0.1) is 13.7 Å². The Morgan fingerprint density at radius 3 is 2.87 bits per heavy atom. The van der Waals surface area contributed by atoms with Crippen LogP contribution in [0.4, 0.5) is 0 Å². The van der Waals surface area contributed by atoms with Crippen molar-refractivity contribution in [3.05, 3.63) is 24.3 Å². The number of methoxy groups -OCH3 is 1. The van der Waals surface area contributed by atoms with E-state index in [1.165, 1.54) is 6.42 Å². The van der Waals surface area contributed by atoms with Gasteiger partial charge in [0.15, 0.2) is 6.29 Å². The van der Waals surface area contributed by atoms with Crippen molar-refractivity contribution in [3.63, 3.8) is 0 Å². The van der Waals surface area contributed by atoms with Crippen molar-refractivity contribution < 1.29 is 14.2 Å². The first-order valence-electron chi connectivity index (χ1n) is 5.31. The number of rotatable bonds is 3. The molecule has 0 radical (unpaired) electrons. The summed E-state index contributed by atoms with van der Waals surface area (Å²) in [7, 11) is 1.65. The molecule has 3 nitrogen and oxygen atoms in total. The van der Waals surface area contributed by atoms with E-state index in [2.05, 4.69) is 0 Å². The molecule has 1 heterocycles. The van der Waals surface area contributed by atoms with Crippen LogP contribution in [0.3, 0.4) is 0 Å². The lowest BCUT2D eigenvalue weighted by molar-refractivity contribution is -0.105. The normalized spacial score (nSPS) is 21.0. The van der Waals surface area contributed by atoms with Crippen LogP contribution in [0, 0.1) is 0 Å². The minimum Gasteiger partial charge on any atom is -0.497 e. The van der Waals surface area contributed by atoms with Crippen LogP contribution in [-0.4, -0.2) is 20.0 Å². The van der Waals surface area contributed by atoms with Crippen molar-refractivity contribution >= 4 is 0 Å². The van der Waals surface area contributed by atoms with Crippen LogP contribution < -0.4 is 9.47 Å². The number of hydrogen-bond donors (Lipinski definition) is 0. The molecular formula is C12H16O3. The van der Waals surface area contributed by atoms with Gasteiger partial charge >= 0.3 is 0 Å². The molecule has 3 heteroatoms. The van der Waals surface area contributed by atoms with E-state index < -0.39 is 0 Å². The zero-order valence-corrected chi connectivity index (χ0v) is 8.94. The highest BCUT2D eigenvalue weighted by atomic mass is 16.7. The van der Waals surface area contributed by atoms with Gasteiger partial charge in [0.1, 0.15) is 11.5 Å². The van der Waals surface area contributed by atoms with Gasteiger partial charge in [-0.05, 0) is 25.0 Å². The van der Waals surface area contributed by atoms with Gasteiger partial charge in [-0.2, -0.15) is 0 Å². The fourth-order valence-corrected chi connectivity index (χ4v) is 1.63. The van der Waals surface area contributed by atoms with E-state index in [1.54, 1.807) is 7.11 Å². The molecule has 2 rings (SSSR count). The van der Waals surface area contributed by atoms with Crippen molar-refractivity contribution in [3.8, 4) is 11.5 Å². The highest BCUT2D eigenvalue weighted by Crippen LogP contribution is 2.22. The number of ether oxygens (including phenoxy) is 3. The molecule has 1 aromatic carbocycles. The van der Waals surface area contributed by atoms with Gasteiger partial charge in [0.2, 0.25) is 0 Å². The fraction of sp³-hybridized carbons (Fsp3) is 0.500. The second kappa shape index (κ2) is 5.03. The maximum Gasteiger partial charge on any atom is 0.199 e. The highest BCUT2D eigenvalue weighted by Gasteiger charge is 2.15. The fourth-order valence-electron chi connectivity index (χ4n) is 1.63. The molecule has 0 saturated carbocycles. The molecule has 0 aliphatic carbocycles. The topological polar surface area (TPSA) is 27.7 Å². The predicted octanol–water partition coefficient (Wildman–Crippen LogP) is 2.60. The van der Waals surface area contributed by atoms with Crippen LogP contribution >= 0.6 is 0 Å². The second-order valence-electron chi connectivity index (χ2n) is 3.59. The van der Waals surface area contributed by atoms with Gasteiger partial charge in [-0.15, -0.1) is 0 Å². The predicted molar refractivity (Wildman–Crippen MR) is 57.2 cm³/mol. The standard InChI is InChI=1S/C12H16O3/c1-13-10-5-4-6-11(9-10)15-12-7-2-3-8-14-12/h4-6,9,12H,2-3,7-8H2,1H3. The summed E-state index contributed by atoms with van der Waals surface area (Å²) in [5.41, 5.74) is 0. The third kappa shape index (κ3) is 2.86. The Hall–Kier alpha value is -1.22. The smallest absolute Gasteiger partial charge is 0.199 e. The minimum absolute atomic E-state index is 0.0918. The Bertz CT molecular complexity index is 305. The Kier molecular flexibility index (Phi) is 3.45. The molecule has 1 fully saturated rings. The molecule has 1 unspecified atom stereocenters. The van der Waals surface area contributed by atoms with Gasteiger partial charge in [-0.3, -0.25) is 0 Å². The molecule has 1 aliphatic heterocycles. The quantitative estimate of drug-likeness (QED) is 0.764. The van der Waals surface area contributed by atoms with E-state index in [-0.39, 0.29) is 6.29 Å². The van der Waals surface area contributed by atoms with Crippen molar-refractivity contribution in [2.24, 2.45) is 0 Å². The van der Waals surface area contributed by atoms with Gasteiger partial charge in [-0.25, -0.2) is 0 Å². The third-order valence-corrected chi connectivity index (χ3v) is 2.45. The van der Waals surface area contributed by atoms with E-state index in [9.17, 15) is 0 Å². The molecule has 1 aromatic rings. The average Bonchev–Trinajstić information content (AvgIpc) is 2.31. The lowest BCUT2D eigenvalue weighted by Gasteiger charge is -2.23. The Labute approximate surface area is 90.0 Å². The van der Waals surface area contributed by atoms with Crippen molar-refractivity contribution in [1.82, 2.24) is 0 Å². The first kappa shape index (κ1) is 10.3. The summed E-state index contributed by atoms with van der Waals surface area (Å²) in [6.45, 7) is 0.800. The van der Waals surface area contributed by atoms with Gasteiger partial charge < -0.3 is 14.2 Å². The average molecular weight is 208 g/mol. The molecule has 0 spiro atoms. The molecule has 0 amide bonds. The summed E-state index contributed by atoms with van der Waals surface area (Å²) in [4.78, 5) is 0. The van der Waals surface area contributed by atoms with E-state index in [0.29, 0.717) is 0 Å². The van der Waals surface area contributed by atoms with Gasteiger partial charge in [0, 0.05) is 12.5 Å². The van der Waals surface area contributed by atoms with Crippen LogP contribution in [0.2, 0.25) is 0 Å². The molecule has 1 atom stereocenters. The van der Waals surface area contributed by atoms with Gasteiger partial charge in [0.25, 0.3) is 0 Å². The van der Waals surface area contributed by atoms with Crippen molar-refractivity contribution in [2.75, 3.05) is 13.7 Å². The first-order valence-corrected chi connectivity index (χ1v) is 5.31. The molecule has 0 bridgehead atoms. The van der Waals surface area contributed by atoms with Crippen LogP contribution in [0.5, 0.6) is 11.5 Å². The summed E-state index contributed by atoms with van der Waals surface area (Å²) >= 11 is 0. The minimum atomic E-state index is -0.0918. The molecule has 1 aliphatic rings. The van der Waals surface area contributed by atoms with E-state index >= 15 is 0 Å². The summed E-state index contributed by atoms with van der Waals surface area (Å²) in [5, 5.41) is 0. The highest BCUT2D eigenvalue weighted by molar-refractivity contribution is 5.32. The zero-order valence-electron chi connectivity index (χ0n) is 8.94. The van der Waals surface area contributed by atoms with Crippen LogP contribution in [0.25, 0.3) is 0 Å². The van der Waals surface area contributed by atoms with Crippen LogP contribution in [-0.2, 0) is 4.74 Å². The van der Waals surface area contributed by atoms with Crippen molar-refractivity contribution in [1.29, 1.82) is 0 Å². The summed E-state index contributed by atoms with van der Waals surface area (Å²) < 4.78 is 16.3. The maximum atomic E-state index is 5.70. The van der Waals surface area contributed by atoms with E-state index in [4.69, 9.17) is 14.2 Å². The summed E-state index contributed by atoms with van der Waals surface area (Å²) in [6, 6.07) is 7.60. The molecule has 0 aromatic heterocycles. The zero-order chi connectivity index (χ0) is 10.5. The van der Waals surface area contributed by atoms with E-state index in [0.717, 1.165) is 30.9 Å². The van der Waals surface area contributed by atoms with E-state index in [1.807, 2.05) is 24.3 Å². The largest absolute Gasteiger partial charge is 0.497 e. The monoisotopic (exact) mass is 208 g/mol. The summed E-state index contributed by atoms with van der Waals surface area (Å²) in [5.74, 6) is 1.62. The Morgan fingerprint density at radius 1 is 1.27 bits per heavy atom. The SMILES string of the molecule is COc1cccc(OC2CCCCO2)c1. The Morgan fingerprint density at radius 2 is 2.13 bits per heavy atom. The summed E-state index contributed by atoms with van der Waals surface area (Å²) in [6.07, 6.45) is 3.19. The molecule has 0 N–H and O–H groups in total. The lowest BCUT2D eigenvalue weighted by atomic mass is 10.2. The first-order chi connectivity index (χ1) is 7.38. The Balaban J connectivity index is 1.96. The molecule has 1 saturated heterocycles. The maximum absolute atomic E-state index is 5.70. The van der Waals surface area contributed by atoms with Crippen LogP contribution in [0.15, 0.2) is 24.3 Å². The molecule has 82 valence electrons. The van der Waals surface area contributed by atoms with Crippen molar-refractivity contribution in [2.45, 2.75) is 25.6 Å². The molecular weight excluding hydrogens is 192 g/mol. The third-order valence-electron chi connectivity index (χ3n) is 2.45. The van der Waals surface area contributed by atoms with Crippen LogP contribution in [0.1, 0.15) is 19.3 Å². The second-order valence-corrected chi connectivity index (χ2v) is 3.59. The lowest BCUT2D eigenvalue weighted by Crippen LogP contribution is -2.24.